The van der Waals surface area contributed by atoms with E-state index in [-0.39, 0.29) is 18.1 Å². The maximum absolute atomic E-state index is 12.6. The van der Waals surface area contributed by atoms with Crippen LogP contribution < -0.4 is 4.74 Å². The van der Waals surface area contributed by atoms with E-state index in [9.17, 15) is 4.79 Å². The minimum Gasteiger partial charge on any atom is -0.496 e. The zero-order valence-corrected chi connectivity index (χ0v) is 17.1. The molecule has 1 amide bonds. The van der Waals surface area contributed by atoms with E-state index in [0.717, 1.165) is 38.5 Å². The molecule has 2 saturated heterocycles. The van der Waals surface area contributed by atoms with E-state index in [1.165, 1.54) is 11.1 Å². The zero-order valence-electron chi connectivity index (χ0n) is 17.1. The molecule has 3 rings (SSSR count). The third-order valence-electron chi connectivity index (χ3n) is 5.43. The van der Waals surface area contributed by atoms with Gasteiger partial charge in [-0.05, 0) is 26.8 Å². The van der Waals surface area contributed by atoms with Crippen molar-refractivity contribution in [1.82, 2.24) is 14.7 Å². The first-order valence-electron chi connectivity index (χ1n) is 9.96. The van der Waals surface area contributed by atoms with E-state index < -0.39 is 0 Å². The molecule has 0 aliphatic carbocycles. The van der Waals surface area contributed by atoms with Crippen molar-refractivity contribution >= 4 is 5.91 Å². The minimum absolute atomic E-state index is 0.124. The van der Waals surface area contributed by atoms with E-state index >= 15 is 0 Å². The molecule has 0 N–H and O–H groups in total. The number of aryl methyl sites for hydroxylation is 1. The molecule has 0 unspecified atom stereocenters. The van der Waals surface area contributed by atoms with Crippen LogP contribution in [0.5, 0.6) is 5.75 Å². The molecule has 27 heavy (non-hydrogen) atoms. The summed E-state index contributed by atoms with van der Waals surface area (Å²) < 4.78 is 11.2. The summed E-state index contributed by atoms with van der Waals surface area (Å²) in [6, 6.07) is 6.33. The van der Waals surface area contributed by atoms with Crippen molar-refractivity contribution in [2.24, 2.45) is 0 Å². The lowest BCUT2D eigenvalue weighted by atomic mass is 10.1. The maximum atomic E-state index is 12.6. The van der Waals surface area contributed by atoms with Gasteiger partial charge in [-0.15, -0.1) is 0 Å². The second-order valence-electron chi connectivity index (χ2n) is 7.92. The van der Waals surface area contributed by atoms with E-state index in [1.54, 1.807) is 7.11 Å². The summed E-state index contributed by atoms with van der Waals surface area (Å²) in [5.41, 5.74) is 2.49. The Morgan fingerprint density at radius 3 is 2.37 bits per heavy atom. The summed E-state index contributed by atoms with van der Waals surface area (Å²) in [5.74, 6) is 1.18. The summed E-state index contributed by atoms with van der Waals surface area (Å²) in [6.45, 7) is 12.8. The van der Waals surface area contributed by atoms with Crippen molar-refractivity contribution in [2.75, 3.05) is 52.9 Å². The van der Waals surface area contributed by atoms with Crippen molar-refractivity contribution < 1.29 is 14.3 Å². The van der Waals surface area contributed by atoms with Gasteiger partial charge in [0, 0.05) is 51.4 Å². The van der Waals surface area contributed by atoms with E-state index in [0.29, 0.717) is 19.6 Å². The SMILES string of the molecule is COc1ccc(C)cc1CN1CCN(CC(=O)N2C[C@@H](C)O[C@H](C)C2)CC1. The van der Waals surface area contributed by atoms with Gasteiger partial charge in [-0.25, -0.2) is 0 Å². The third-order valence-corrected chi connectivity index (χ3v) is 5.43. The normalized spacial score (nSPS) is 24.8. The van der Waals surface area contributed by atoms with E-state index in [4.69, 9.17) is 9.47 Å². The second kappa shape index (κ2) is 9.04. The summed E-state index contributed by atoms with van der Waals surface area (Å²) in [5, 5.41) is 0. The first kappa shape index (κ1) is 20.1. The molecule has 6 nitrogen and oxygen atoms in total. The first-order valence-corrected chi connectivity index (χ1v) is 9.96. The number of piperazine rings is 1. The molecule has 0 aromatic heterocycles. The molecule has 0 spiro atoms. The number of nitrogens with zero attached hydrogens (tertiary/aromatic N) is 3. The zero-order chi connectivity index (χ0) is 19.4. The summed E-state index contributed by atoms with van der Waals surface area (Å²) >= 11 is 0. The standard InChI is InChI=1S/C21H33N3O3/c1-16-5-6-20(26-4)19(11-16)14-22-7-9-23(10-8-22)15-21(25)24-12-17(2)27-18(3)13-24/h5-6,11,17-18H,7-10,12-15H2,1-4H3/t17-,18-/m1/s1. The lowest BCUT2D eigenvalue weighted by Gasteiger charge is -2.38. The van der Waals surface area contributed by atoms with Crippen LogP contribution in [0, 0.1) is 6.92 Å². The van der Waals surface area contributed by atoms with Crippen molar-refractivity contribution in [3.8, 4) is 5.75 Å². The highest BCUT2D eigenvalue weighted by molar-refractivity contribution is 5.78. The number of morpholine rings is 1. The second-order valence-corrected chi connectivity index (χ2v) is 7.92. The number of ether oxygens (including phenoxy) is 2. The molecule has 6 heteroatoms. The third kappa shape index (κ3) is 5.43. The summed E-state index contributed by atoms with van der Waals surface area (Å²) in [4.78, 5) is 19.3. The smallest absolute Gasteiger partial charge is 0.236 e. The van der Waals surface area contributed by atoms with Gasteiger partial charge in [-0.1, -0.05) is 17.7 Å². The molecule has 150 valence electrons. The summed E-state index contributed by atoms with van der Waals surface area (Å²) in [7, 11) is 1.73. The Hall–Kier alpha value is -1.63. The highest BCUT2D eigenvalue weighted by Crippen LogP contribution is 2.22. The number of carbonyl (C=O) groups excluding carboxylic acids is 1. The van der Waals surface area contributed by atoms with Crippen molar-refractivity contribution in [2.45, 2.75) is 39.5 Å². The fourth-order valence-corrected chi connectivity index (χ4v) is 4.05. The molecule has 0 radical (unpaired) electrons. The van der Waals surface area contributed by atoms with Gasteiger partial charge in [-0.3, -0.25) is 14.6 Å². The van der Waals surface area contributed by atoms with Crippen LogP contribution in [-0.2, 0) is 16.1 Å². The summed E-state index contributed by atoms with van der Waals surface area (Å²) in [6.07, 6.45) is 0.248. The number of hydrogen-bond donors (Lipinski definition) is 0. The Morgan fingerprint density at radius 1 is 1.11 bits per heavy atom. The Bertz CT molecular complexity index is 634. The van der Waals surface area contributed by atoms with Crippen molar-refractivity contribution in [3.05, 3.63) is 29.3 Å². The molecule has 0 bridgehead atoms. The van der Waals surface area contributed by atoms with Crippen LogP contribution in [0.25, 0.3) is 0 Å². The van der Waals surface area contributed by atoms with Crippen LogP contribution in [0.2, 0.25) is 0 Å². The fourth-order valence-electron chi connectivity index (χ4n) is 4.05. The fraction of sp³-hybridized carbons (Fsp3) is 0.667. The molecule has 1 aromatic rings. The van der Waals surface area contributed by atoms with Crippen LogP contribution in [0.4, 0.5) is 0 Å². The first-order chi connectivity index (χ1) is 12.9. The minimum atomic E-state index is 0.124. The van der Waals surface area contributed by atoms with Crippen LogP contribution in [0.15, 0.2) is 18.2 Å². The van der Waals surface area contributed by atoms with Gasteiger partial charge in [0.2, 0.25) is 5.91 Å². The highest BCUT2D eigenvalue weighted by atomic mass is 16.5. The van der Waals surface area contributed by atoms with Gasteiger partial charge in [0.1, 0.15) is 5.75 Å². The number of carbonyl (C=O) groups is 1. The van der Waals surface area contributed by atoms with E-state index in [2.05, 4.69) is 28.9 Å². The number of amides is 1. The molecular formula is C21H33N3O3. The van der Waals surface area contributed by atoms with Gasteiger partial charge in [-0.2, -0.15) is 0 Å². The Kier molecular flexibility index (Phi) is 6.73. The number of hydrogen-bond acceptors (Lipinski definition) is 5. The number of methoxy groups -OCH3 is 1. The Labute approximate surface area is 163 Å². The van der Waals surface area contributed by atoms with Gasteiger partial charge in [0.15, 0.2) is 0 Å². The Morgan fingerprint density at radius 2 is 1.74 bits per heavy atom. The molecule has 2 fully saturated rings. The monoisotopic (exact) mass is 375 g/mol. The average Bonchev–Trinajstić information content (AvgIpc) is 2.63. The van der Waals surface area contributed by atoms with E-state index in [1.807, 2.05) is 24.8 Å². The lowest BCUT2D eigenvalue weighted by molar-refractivity contribution is -0.144. The molecule has 2 atom stereocenters. The Balaban J connectivity index is 1.48. The lowest BCUT2D eigenvalue weighted by Crippen LogP contribution is -2.53. The molecule has 2 heterocycles. The molecule has 2 aliphatic rings. The van der Waals surface area contributed by atoms with Crippen molar-refractivity contribution in [3.63, 3.8) is 0 Å². The van der Waals surface area contributed by atoms with Gasteiger partial charge >= 0.3 is 0 Å². The van der Waals surface area contributed by atoms with Crippen LogP contribution in [0.1, 0.15) is 25.0 Å². The number of rotatable bonds is 5. The van der Waals surface area contributed by atoms with Crippen molar-refractivity contribution in [1.29, 1.82) is 0 Å². The largest absolute Gasteiger partial charge is 0.496 e. The molecule has 0 saturated carbocycles. The molecule has 1 aromatic carbocycles. The van der Waals surface area contributed by atoms with Gasteiger partial charge < -0.3 is 14.4 Å². The van der Waals surface area contributed by atoms with Crippen LogP contribution >= 0.6 is 0 Å². The predicted octanol–water partition coefficient (Wildman–Crippen LogP) is 1.76. The quantitative estimate of drug-likeness (QED) is 0.785. The van der Waals surface area contributed by atoms with Gasteiger partial charge in [0.25, 0.3) is 0 Å². The highest BCUT2D eigenvalue weighted by Gasteiger charge is 2.28. The van der Waals surface area contributed by atoms with Crippen LogP contribution in [0.3, 0.4) is 0 Å². The van der Waals surface area contributed by atoms with Crippen LogP contribution in [-0.4, -0.2) is 85.7 Å². The average molecular weight is 376 g/mol. The topological polar surface area (TPSA) is 45.2 Å². The molecule has 2 aliphatic heterocycles. The number of benzene rings is 1. The van der Waals surface area contributed by atoms with Gasteiger partial charge in [0.05, 0.1) is 25.9 Å². The molecular weight excluding hydrogens is 342 g/mol. The predicted molar refractivity (Wildman–Crippen MR) is 106 cm³/mol. The maximum Gasteiger partial charge on any atom is 0.236 e.